The summed E-state index contributed by atoms with van der Waals surface area (Å²) in [4.78, 5) is 26.0. The van der Waals surface area contributed by atoms with Gasteiger partial charge in [0.05, 0.1) is 27.9 Å². The molecule has 0 saturated heterocycles. The molecule has 7 heteroatoms. The number of nitrogens with one attached hydrogen (secondary N) is 1. The van der Waals surface area contributed by atoms with E-state index in [1.807, 2.05) is 43.3 Å². The maximum absolute atomic E-state index is 13.4. The van der Waals surface area contributed by atoms with Crippen LogP contribution in [0.25, 0.3) is 0 Å². The first-order chi connectivity index (χ1) is 16.0. The van der Waals surface area contributed by atoms with Crippen molar-refractivity contribution in [2.45, 2.75) is 38.0 Å². The van der Waals surface area contributed by atoms with Gasteiger partial charge in [-0.1, -0.05) is 12.1 Å². The number of amides is 1. The van der Waals surface area contributed by atoms with Gasteiger partial charge in [0.2, 0.25) is 11.7 Å². The van der Waals surface area contributed by atoms with Crippen LogP contribution in [0.15, 0.2) is 47.7 Å². The zero-order chi connectivity index (χ0) is 23.5. The summed E-state index contributed by atoms with van der Waals surface area (Å²) >= 11 is 0. The molecular weight excluding hydrogens is 422 g/mol. The summed E-state index contributed by atoms with van der Waals surface area (Å²) < 4.78 is 21.9. The van der Waals surface area contributed by atoms with Gasteiger partial charge in [0.1, 0.15) is 5.75 Å². The van der Waals surface area contributed by atoms with Crippen molar-refractivity contribution in [3.8, 4) is 23.0 Å². The minimum Gasteiger partial charge on any atom is -0.494 e. The number of hydrogen-bond donors (Lipinski definition) is 1. The second kappa shape index (κ2) is 9.57. The van der Waals surface area contributed by atoms with E-state index in [1.165, 1.54) is 0 Å². The molecule has 2 atom stereocenters. The normalized spacial score (nSPS) is 20.1. The van der Waals surface area contributed by atoms with Crippen molar-refractivity contribution in [2.24, 2.45) is 0 Å². The zero-order valence-electron chi connectivity index (χ0n) is 19.4. The summed E-state index contributed by atoms with van der Waals surface area (Å²) in [5.41, 5.74) is 3.23. The zero-order valence-corrected chi connectivity index (χ0v) is 19.4. The highest BCUT2D eigenvalue weighted by Gasteiger charge is 2.38. The Hall–Kier alpha value is -3.48. The van der Waals surface area contributed by atoms with Crippen molar-refractivity contribution < 1.29 is 28.5 Å². The minimum absolute atomic E-state index is 0.00548. The highest BCUT2D eigenvalue weighted by Crippen LogP contribution is 2.46. The number of ether oxygens (including phenoxy) is 4. The Balaban J connectivity index is 1.70. The van der Waals surface area contributed by atoms with Gasteiger partial charge in [0.25, 0.3) is 0 Å². The number of rotatable bonds is 7. The Labute approximate surface area is 193 Å². The third-order valence-corrected chi connectivity index (χ3v) is 6.29. The molecule has 1 aliphatic carbocycles. The highest BCUT2D eigenvalue weighted by atomic mass is 16.5. The van der Waals surface area contributed by atoms with Crippen LogP contribution in [0.4, 0.5) is 0 Å². The lowest BCUT2D eigenvalue weighted by atomic mass is 9.73. The highest BCUT2D eigenvalue weighted by molar-refractivity contribution is 6.02. The Morgan fingerprint density at radius 3 is 2.12 bits per heavy atom. The molecule has 2 aromatic rings. The monoisotopic (exact) mass is 451 g/mol. The lowest BCUT2D eigenvalue weighted by Crippen LogP contribution is -2.38. The fourth-order valence-electron chi connectivity index (χ4n) is 4.79. The molecule has 4 rings (SSSR count). The fourth-order valence-corrected chi connectivity index (χ4v) is 4.79. The molecule has 0 saturated carbocycles. The standard InChI is InChI=1S/C26H29NO6/c1-5-33-18-8-6-15(7-9-18)16-10-20-25(21(28)11-16)19(14-24(29)27-20)17-12-22(30-2)26(32-4)23(13-17)31-3/h6-9,12-13,16,19H,5,10-11,14H2,1-4H3,(H,27,29). The molecule has 1 N–H and O–H groups in total. The van der Waals surface area contributed by atoms with Gasteiger partial charge in [-0.3, -0.25) is 9.59 Å². The van der Waals surface area contributed by atoms with Crippen LogP contribution < -0.4 is 24.3 Å². The summed E-state index contributed by atoms with van der Waals surface area (Å²) in [6, 6.07) is 11.5. The van der Waals surface area contributed by atoms with E-state index in [4.69, 9.17) is 18.9 Å². The molecule has 1 aliphatic heterocycles. The molecule has 33 heavy (non-hydrogen) atoms. The molecule has 0 aromatic heterocycles. The van der Waals surface area contributed by atoms with Gasteiger partial charge in [-0.05, 0) is 54.7 Å². The van der Waals surface area contributed by atoms with E-state index in [1.54, 1.807) is 21.3 Å². The summed E-state index contributed by atoms with van der Waals surface area (Å²) in [6.07, 6.45) is 1.18. The maximum atomic E-state index is 13.4. The molecule has 0 bridgehead atoms. The third kappa shape index (κ3) is 4.40. The fraction of sp³-hybridized carbons (Fsp3) is 0.385. The van der Waals surface area contributed by atoms with E-state index in [9.17, 15) is 9.59 Å². The Morgan fingerprint density at radius 1 is 0.879 bits per heavy atom. The second-order valence-corrected chi connectivity index (χ2v) is 8.19. The SMILES string of the molecule is CCOc1ccc(C2CC(=O)C3=C(C2)NC(=O)CC3c2cc(OC)c(OC)c(OC)c2)cc1. The average Bonchev–Trinajstić information content (AvgIpc) is 2.82. The van der Waals surface area contributed by atoms with Gasteiger partial charge in [-0.15, -0.1) is 0 Å². The Bertz CT molecular complexity index is 1060. The quantitative estimate of drug-likeness (QED) is 0.682. The Kier molecular flexibility index (Phi) is 6.58. The number of carbonyl (C=O) groups is 2. The topological polar surface area (TPSA) is 83.1 Å². The van der Waals surface area contributed by atoms with Gasteiger partial charge < -0.3 is 24.3 Å². The first kappa shape index (κ1) is 22.7. The van der Waals surface area contributed by atoms with Crippen molar-refractivity contribution in [1.82, 2.24) is 5.32 Å². The first-order valence-electron chi connectivity index (χ1n) is 11.1. The molecule has 0 spiro atoms. The largest absolute Gasteiger partial charge is 0.494 e. The summed E-state index contributed by atoms with van der Waals surface area (Å²) in [5.74, 6) is 1.86. The van der Waals surface area contributed by atoms with Crippen molar-refractivity contribution in [3.05, 3.63) is 58.8 Å². The predicted molar refractivity (Wildman–Crippen MR) is 123 cm³/mol. The smallest absolute Gasteiger partial charge is 0.225 e. The molecule has 7 nitrogen and oxygen atoms in total. The van der Waals surface area contributed by atoms with E-state index in [0.29, 0.717) is 48.0 Å². The van der Waals surface area contributed by atoms with E-state index in [-0.39, 0.29) is 29.9 Å². The van der Waals surface area contributed by atoms with Crippen molar-refractivity contribution >= 4 is 11.7 Å². The first-order valence-corrected chi connectivity index (χ1v) is 11.1. The van der Waals surface area contributed by atoms with Crippen molar-refractivity contribution in [1.29, 1.82) is 0 Å². The van der Waals surface area contributed by atoms with E-state index in [2.05, 4.69) is 5.32 Å². The molecule has 1 heterocycles. The van der Waals surface area contributed by atoms with Gasteiger partial charge in [-0.25, -0.2) is 0 Å². The minimum atomic E-state index is -0.365. The number of allylic oxidation sites excluding steroid dienone is 2. The van der Waals surface area contributed by atoms with Crippen molar-refractivity contribution in [2.75, 3.05) is 27.9 Å². The summed E-state index contributed by atoms with van der Waals surface area (Å²) in [7, 11) is 4.64. The summed E-state index contributed by atoms with van der Waals surface area (Å²) in [6.45, 7) is 2.55. The number of carbonyl (C=O) groups excluding carboxylic acids is 2. The van der Waals surface area contributed by atoms with E-state index < -0.39 is 0 Å². The van der Waals surface area contributed by atoms with Gasteiger partial charge in [0, 0.05) is 30.0 Å². The molecule has 0 radical (unpaired) electrons. The number of methoxy groups -OCH3 is 3. The number of benzene rings is 2. The van der Waals surface area contributed by atoms with Crippen LogP contribution in [0.3, 0.4) is 0 Å². The predicted octanol–water partition coefficient (Wildman–Crippen LogP) is 4.12. The van der Waals surface area contributed by atoms with Gasteiger partial charge >= 0.3 is 0 Å². The molecule has 1 amide bonds. The lowest BCUT2D eigenvalue weighted by molar-refractivity contribution is -0.122. The van der Waals surface area contributed by atoms with Crippen LogP contribution in [0.1, 0.15) is 49.1 Å². The van der Waals surface area contributed by atoms with Gasteiger partial charge in [0.15, 0.2) is 17.3 Å². The van der Waals surface area contributed by atoms with Crippen LogP contribution in [-0.2, 0) is 9.59 Å². The molecule has 2 aromatic carbocycles. The number of ketones is 1. The Morgan fingerprint density at radius 2 is 1.55 bits per heavy atom. The lowest BCUT2D eigenvalue weighted by Gasteiger charge is -2.34. The molecule has 2 aliphatic rings. The molecule has 174 valence electrons. The second-order valence-electron chi connectivity index (χ2n) is 8.19. The van der Waals surface area contributed by atoms with Crippen LogP contribution >= 0.6 is 0 Å². The van der Waals surface area contributed by atoms with Crippen molar-refractivity contribution in [3.63, 3.8) is 0 Å². The van der Waals surface area contributed by atoms with Crippen LogP contribution in [0.2, 0.25) is 0 Å². The molecule has 0 fully saturated rings. The van der Waals surface area contributed by atoms with Crippen LogP contribution in [-0.4, -0.2) is 39.6 Å². The summed E-state index contributed by atoms with van der Waals surface area (Å²) in [5, 5.41) is 2.97. The van der Waals surface area contributed by atoms with Gasteiger partial charge in [-0.2, -0.15) is 0 Å². The molecule has 2 unspecified atom stereocenters. The number of Topliss-reactive ketones (excluding diaryl/α,β-unsaturated/α-hetero) is 1. The molecular formula is C26H29NO6. The maximum Gasteiger partial charge on any atom is 0.225 e. The van der Waals surface area contributed by atoms with Crippen LogP contribution in [0, 0.1) is 0 Å². The van der Waals surface area contributed by atoms with Crippen LogP contribution in [0.5, 0.6) is 23.0 Å². The third-order valence-electron chi connectivity index (χ3n) is 6.29. The van der Waals surface area contributed by atoms with E-state index in [0.717, 1.165) is 16.9 Å². The average molecular weight is 452 g/mol. The van der Waals surface area contributed by atoms with E-state index >= 15 is 0 Å². The number of hydrogen-bond acceptors (Lipinski definition) is 6.